The largest absolute Gasteiger partial charge is 0.490 e. The van der Waals surface area contributed by atoms with Gasteiger partial charge in [0.25, 0.3) is 5.56 Å². The van der Waals surface area contributed by atoms with Crippen molar-refractivity contribution in [3.05, 3.63) is 136 Å². The molecule has 1 aromatic heterocycles. The number of allylic oxidation sites excluding steroid dienone is 1. The van der Waals surface area contributed by atoms with E-state index >= 15 is 0 Å². The summed E-state index contributed by atoms with van der Waals surface area (Å²) < 4.78 is 66.9. The third-order valence-electron chi connectivity index (χ3n) is 6.64. The number of benzene rings is 4. The Balaban J connectivity index is 1.59. The molecule has 0 spiro atoms. The second-order valence-corrected chi connectivity index (χ2v) is 9.74. The van der Waals surface area contributed by atoms with Gasteiger partial charge in [0.15, 0.2) is 17.3 Å². The fraction of sp³-hybridized carbons (Fsp3) is 0.147. The molecule has 0 fully saturated rings. The molecule has 6 nitrogen and oxygen atoms in total. The van der Waals surface area contributed by atoms with Crippen LogP contribution in [0.2, 0.25) is 0 Å². The lowest BCUT2D eigenvalue weighted by Gasteiger charge is -2.17. The standard InChI is InChI=1S/C34H27F4N3O3/c1-3-8-24-17-23(18-30(43-4-2)31(24)44-21-22-13-15-27(35)16-14-22)20-39-41-32(25-9-7-10-26(19-25)34(36,37)38)40-29-12-6-5-11-28(29)33(41)42/h3,5-7,9-20H,1,4,8,21H2,2H3. The van der Waals surface area contributed by atoms with Crippen molar-refractivity contribution in [2.75, 3.05) is 6.61 Å². The van der Waals surface area contributed by atoms with Crippen molar-refractivity contribution in [1.29, 1.82) is 0 Å². The highest BCUT2D eigenvalue weighted by molar-refractivity contribution is 5.83. The van der Waals surface area contributed by atoms with E-state index in [4.69, 9.17) is 9.47 Å². The molecule has 0 saturated heterocycles. The van der Waals surface area contributed by atoms with E-state index < -0.39 is 17.3 Å². The Bertz CT molecular complexity index is 1900. The van der Waals surface area contributed by atoms with Crippen LogP contribution in [0.5, 0.6) is 11.5 Å². The highest BCUT2D eigenvalue weighted by Crippen LogP contribution is 2.35. The molecule has 0 aliphatic carbocycles. The molecule has 44 heavy (non-hydrogen) atoms. The van der Waals surface area contributed by atoms with Crippen molar-refractivity contribution >= 4 is 17.1 Å². The van der Waals surface area contributed by atoms with E-state index in [9.17, 15) is 22.4 Å². The van der Waals surface area contributed by atoms with Crippen molar-refractivity contribution in [3.63, 3.8) is 0 Å². The summed E-state index contributed by atoms with van der Waals surface area (Å²) in [5.74, 6) is 0.489. The minimum absolute atomic E-state index is 0.0494. The van der Waals surface area contributed by atoms with Crippen molar-refractivity contribution < 1.29 is 27.0 Å². The quantitative estimate of drug-likeness (QED) is 0.0931. The van der Waals surface area contributed by atoms with Gasteiger partial charge in [-0.05, 0) is 73.0 Å². The van der Waals surface area contributed by atoms with Gasteiger partial charge in [-0.25, -0.2) is 9.37 Å². The summed E-state index contributed by atoms with van der Waals surface area (Å²) in [6.45, 7) is 6.14. The van der Waals surface area contributed by atoms with Crippen LogP contribution < -0.4 is 15.0 Å². The van der Waals surface area contributed by atoms with E-state index in [0.717, 1.165) is 27.9 Å². The Kier molecular flexibility index (Phi) is 8.89. The SMILES string of the molecule is C=CCc1cc(C=Nn2c(-c3cccc(C(F)(F)F)c3)nc3ccccc3c2=O)cc(OCC)c1OCc1ccc(F)cc1. The normalized spacial score (nSPS) is 11.7. The molecule has 224 valence electrons. The third kappa shape index (κ3) is 6.70. The highest BCUT2D eigenvalue weighted by atomic mass is 19.4. The molecule has 1 heterocycles. The molecule has 0 bridgehead atoms. The molecular formula is C34H27F4N3O3. The number of ether oxygens (including phenoxy) is 2. The Morgan fingerprint density at radius 2 is 1.75 bits per heavy atom. The first kappa shape index (κ1) is 30.2. The van der Waals surface area contributed by atoms with Gasteiger partial charge >= 0.3 is 6.18 Å². The molecule has 0 N–H and O–H groups in total. The van der Waals surface area contributed by atoms with Crippen LogP contribution in [-0.4, -0.2) is 22.5 Å². The minimum atomic E-state index is -4.58. The van der Waals surface area contributed by atoms with Gasteiger partial charge in [-0.1, -0.05) is 42.5 Å². The van der Waals surface area contributed by atoms with Gasteiger partial charge in [0.05, 0.1) is 29.3 Å². The average molecular weight is 602 g/mol. The summed E-state index contributed by atoms with van der Waals surface area (Å²) in [6.07, 6.45) is -1.07. The van der Waals surface area contributed by atoms with E-state index in [2.05, 4.69) is 16.7 Å². The van der Waals surface area contributed by atoms with Crippen LogP contribution in [0.4, 0.5) is 17.6 Å². The van der Waals surface area contributed by atoms with E-state index in [0.29, 0.717) is 35.6 Å². The summed E-state index contributed by atoms with van der Waals surface area (Å²) in [4.78, 5) is 18.1. The molecular weight excluding hydrogens is 574 g/mol. The zero-order valence-electron chi connectivity index (χ0n) is 23.6. The second kappa shape index (κ2) is 12.9. The van der Waals surface area contributed by atoms with Crippen LogP contribution in [0.1, 0.15) is 29.2 Å². The number of fused-ring (bicyclic) bond motifs is 1. The van der Waals surface area contributed by atoms with Gasteiger partial charge in [-0.2, -0.15) is 22.9 Å². The molecule has 4 aromatic carbocycles. The lowest BCUT2D eigenvalue weighted by molar-refractivity contribution is -0.137. The summed E-state index contributed by atoms with van der Waals surface area (Å²) >= 11 is 0. The average Bonchev–Trinajstić information content (AvgIpc) is 3.01. The van der Waals surface area contributed by atoms with Gasteiger partial charge in [0, 0.05) is 11.1 Å². The number of para-hydroxylation sites is 1. The summed E-state index contributed by atoms with van der Waals surface area (Å²) in [5, 5.41) is 4.66. The number of hydrogen-bond donors (Lipinski definition) is 0. The maximum Gasteiger partial charge on any atom is 0.416 e. The molecule has 5 rings (SSSR count). The van der Waals surface area contributed by atoms with Gasteiger partial charge in [-0.3, -0.25) is 4.79 Å². The van der Waals surface area contributed by atoms with Crippen LogP contribution in [0.25, 0.3) is 22.3 Å². The fourth-order valence-corrected chi connectivity index (χ4v) is 4.60. The monoisotopic (exact) mass is 601 g/mol. The van der Waals surface area contributed by atoms with Crippen LogP contribution in [0.15, 0.2) is 107 Å². The molecule has 0 aliphatic rings. The van der Waals surface area contributed by atoms with Crippen molar-refractivity contribution in [3.8, 4) is 22.9 Å². The summed E-state index contributed by atoms with van der Waals surface area (Å²) in [6, 6.07) is 20.6. The smallest absolute Gasteiger partial charge is 0.416 e. The molecule has 10 heteroatoms. The van der Waals surface area contributed by atoms with E-state index in [-0.39, 0.29) is 29.2 Å². The number of hydrogen-bond acceptors (Lipinski definition) is 5. The lowest BCUT2D eigenvalue weighted by atomic mass is 10.1. The van der Waals surface area contributed by atoms with E-state index in [1.165, 1.54) is 30.5 Å². The van der Waals surface area contributed by atoms with Gasteiger partial charge in [0.1, 0.15) is 12.4 Å². The molecule has 5 aromatic rings. The van der Waals surface area contributed by atoms with Crippen molar-refractivity contribution in [2.45, 2.75) is 26.1 Å². The topological polar surface area (TPSA) is 65.7 Å². The highest BCUT2D eigenvalue weighted by Gasteiger charge is 2.31. The Hall–Kier alpha value is -5.25. The van der Waals surface area contributed by atoms with Crippen LogP contribution in [-0.2, 0) is 19.2 Å². The molecule has 0 saturated carbocycles. The Morgan fingerprint density at radius 3 is 2.48 bits per heavy atom. The van der Waals surface area contributed by atoms with Crippen LogP contribution in [0.3, 0.4) is 0 Å². The predicted octanol–water partition coefficient (Wildman–Crippen LogP) is 7.81. The van der Waals surface area contributed by atoms with Gasteiger partial charge in [0.2, 0.25) is 0 Å². The van der Waals surface area contributed by atoms with Crippen molar-refractivity contribution in [1.82, 2.24) is 9.66 Å². The minimum Gasteiger partial charge on any atom is -0.490 e. The van der Waals surface area contributed by atoms with Crippen molar-refractivity contribution in [2.24, 2.45) is 5.10 Å². The molecule has 0 atom stereocenters. The number of nitrogens with zero attached hydrogens (tertiary/aromatic N) is 3. The van der Waals surface area contributed by atoms with E-state index in [1.807, 2.05) is 6.92 Å². The number of alkyl halides is 3. The fourth-order valence-electron chi connectivity index (χ4n) is 4.60. The Morgan fingerprint density at radius 1 is 0.977 bits per heavy atom. The number of halogens is 4. The first-order chi connectivity index (χ1) is 21.2. The van der Waals surface area contributed by atoms with Gasteiger partial charge < -0.3 is 9.47 Å². The Labute approximate surface area is 250 Å². The second-order valence-electron chi connectivity index (χ2n) is 9.74. The first-order valence-electron chi connectivity index (χ1n) is 13.7. The first-order valence-corrected chi connectivity index (χ1v) is 13.7. The van der Waals surface area contributed by atoms with E-state index in [1.54, 1.807) is 54.6 Å². The lowest BCUT2D eigenvalue weighted by Crippen LogP contribution is -2.20. The number of aromatic nitrogens is 2. The predicted molar refractivity (Wildman–Crippen MR) is 162 cm³/mol. The molecule has 0 aliphatic heterocycles. The van der Waals surface area contributed by atoms with Crippen LogP contribution >= 0.6 is 0 Å². The molecule has 0 unspecified atom stereocenters. The van der Waals surface area contributed by atoms with Gasteiger partial charge in [-0.15, -0.1) is 6.58 Å². The summed E-state index contributed by atoms with van der Waals surface area (Å²) in [5.41, 5.74) is 0.993. The zero-order valence-corrected chi connectivity index (χ0v) is 23.6. The molecule has 0 amide bonds. The van der Waals surface area contributed by atoms with Crippen LogP contribution in [0, 0.1) is 5.82 Å². The molecule has 0 radical (unpaired) electrons. The zero-order chi connectivity index (χ0) is 31.3. The maximum atomic E-state index is 13.6. The maximum absolute atomic E-state index is 13.6. The summed E-state index contributed by atoms with van der Waals surface area (Å²) in [7, 11) is 0. The number of rotatable bonds is 10. The third-order valence-corrected chi connectivity index (χ3v) is 6.64.